The Kier molecular flexibility index (Phi) is 8.98. The Morgan fingerprint density at radius 3 is 2.55 bits per heavy atom. The maximum absolute atomic E-state index is 13.4. The van der Waals surface area contributed by atoms with Crippen LogP contribution in [0.4, 0.5) is 5.13 Å². The van der Waals surface area contributed by atoms with Crippen LogP contribution in [-0.4, -0.2) is 33.6 Å². The summed E-state index contributed by atoms with van der Waals surface area (Å²) >= 11 is 6.24. The quantitative estimate of drug-likeness (QED) is 0.0485. The second kappa shape index (κ2) is 12.8. The van der Waals surface area contributed by atoms with Crippen LogP contribution in [0.1, 0.15) is 42.5 Å². The molecule has 1 aromatic heterocycles. The van der Waals surface area contributed by atoms with E-state index in [0.717, 1.165) is 22.9 Å². The van der Waals surface area contributed by atoms with Gasteiger partial charge in [0.2, 0.25) is 5.13 Å². The zero-order valence-corrected chi connectivity index (χ0v) is 24.8. The second-order valence-corrected chi connectivity index (χ2v) is 12.2. The number of amides is 1. The minimum absolute atomic E-state index is 0.00330. The molecular weight excluding hydrogens is 610 g/mol. The number of unbranched alkanes of at least 4 members (excludes halogenated alkanes) is 1. The molecule has 0 bridgehead atoms. The predicted octanol–water partition coefficient (Wildman–Crippen LogP) is 7.40. The Morgan fingerprint density at radius 1 is 1.05 bits per heavy atom. The minimum atomic E-state index is -0.877. The van der Waals surface area contributed by atoms with Crippen LogP contribution in [0.2, 0.25) is 0 Å². The molecule has 40 heavy (non-hydrogen) atoms. The monoisotopic (exact) mass is 635 g/mol. The number of ether oxygens (including phenoxy) is 1. The topological polar surface area (TPSA) is 92.6 Å². The van der Waals surface area contributed by atoms with E-state index < -0.39 is 17.7 Å². The lowest BCUT2D eigenvalue weighted by Gasteiger charge is -2.22. The van der Waals surface area contributed by atoms with E-state index in [2.05, 4.69) is 33.1 Å². The molecule has 2 heterocycles. The SMILES string of the molecule is CCCCOc1ccc(/C(O)=C2/C(=O)C(=O)N(c3nnc(SCc4ccccc4)s3)C2c2cccc(Br)c2)cc1. The molecule has 1 atom stereocenters. The number of carbonyl (C=O) groups is 2. The molecular formula is C30H26BrN3O4S2. The highest BCUT2D eigenvalue weighted by atomic mass is 79.9. The van der Waals surface area contributed by atoms with Crippen LogP contribution >= 0.6 is 39.0 Å². The number of thioether (sulfide) groups is 1. The molecule has 5 rings (SSSR count). The van der Waals surface area contributed by atoms with Crippen LogP contribution in [0.3, 0.4) is 0 Å². The molecule has 1 aliphatic rings. The highest BCUT2D eigenvalue weighted by Crippen LogP contribution is 2.44. The highest BCUT2D eigenvalue weighted by molar-refractivity contribution is 9.10. The van der Waals surface area contributed by atoms with E-state index in [0.29, 0.717) is 38.7 Å². The fraction of sp³-hybridized carbons (Fsp3) is 0.200. The molecule has 10 heteroatoms. The first-order valence-electron chi connectivity index (χ1n) is 12.8. The summed E-state index contributed by atoms with van der Waals surface area (Å²) in [5.41, 5.74) is 2.21. The molecule has 0 saturated carbocycles. The van der Waals surface area contributed by atoms with Gasteiger partial charge < -0.3 is 9.84 Å². The number of aliphatic hydroxyl groups is 1. The van der Waals surface area contributed by atoms with Crippen LogP contribution in [0.15, 0.2) is 93.2 Å². The number of benzene rings is 3. The fourth-order valence-electron chi connectivity index (χ4n) is 4.30. The summed E-state index contributed by atoms with van der Waals surface area (Å²) in [4.78, 5) is 28.2. The largest absolute Gasteiger partial charge is 0.507 e. The molecule has 7 nitrogen and oxygen atoms in total. The maximum atomic E-state index is 13.4. The lowest BCUT2D eigenvalue weighted by Crippen LogP contribution is -2.29. The number of carbonyl (C=O) groups excluding carboxylic acids is 2. The zero-order chi connectivity index (χ0) is 28.1. The summed E-state index contributed by atoms with van der Waals surface area (Å²) in [6, 6.07) is 23.3. The second-order valence-electron chi connectivity index (χ2n) is 9.08. The van der Waals surface area contributed by atoms with E-state index in [4.69, 9.17) is 4.74 Å². The van der Waals surface area contributed by atoms with Crippen LogP contribution in [-0.2, 0) is 15.3 Å². The van der Waals surface area contributed by atoms with Gasteiger partial charge in [-0.25, -0.2) is 0 Å². The first-order valence-corrected chi connectivity index (χ1v) is 15.4. The van der Waals surface area contributed by atoms with Crippen LogP contribution in [0.25, 0.3) is 5.76 Å². The first-order chi connectivity index (χ1) is 19.5. The number of halogens is 1. The maximum Gasteiger partial charge on any atom is 0.301 e. The van der Waals surface area contributed by atoms with Gasteiger partial charge in [0.05, 0.1) is 18.2 Å². The van der Waals surface area contributed by atoms with Crippen LogP contribution in [0.5, 0.6) is 5.75 Å². The van der Waals surface area contributed by atoms with Crippen molar-refractivity contribution in [3.63, 3.8) is 0 Å². The first kappa shape index (κ1) is 28.1. The van der Waals surface area contributed by atoms with Crippen LogP contribution < -0.4 is 9.64 Å². The predicted molar refractivity (Wildman–Crippen MR) is 162 cm³/mol. The van der Waals surface area contributed by atoms with Crippen molar-refractivity contribution in [3.05, 3.63) is 106 Å². The Labute approximate surface area is 249 Å². The smallest absolute Gasteiger partial charge is 0.301 e. The van der Waals surface area contributed by atoms with Gasteiger partial charge in [-0.1, -0.05) is 94.8 Å². The number of ketones is 1. The van der Waals surface area contributed by atoms with E-state index in [1.54, 1.807) is 24.3 Å². The van der Waals surface area contributed by atoms with Crippen molar-refractivity contribution in [2.24, 2.45) is 0 Å². The molecule has 1 N–H and O–H groups in total. The van der Waals surface area contributed by atoms with Gasteiger partial charge in [-0.3, -0.25) is 14.5 Å². The van der Waals surface area contributed by atoms with Crippen molar-refractivity contribution in [1.29, 1.82) is 0 Å². The Balaban J connectivity index is 1.49. The van der Waals surface area contributed by atoms with Gasteiger partial charge in [-0.15, -0.1) is 10.2 Å². The van der Waals surface area contributed by atoms with Gasteiger partial charge >= 0.3 is 5.91 Å². The molecule has 1 aliphatic heterocycles. The van der Waals surface area contributed by atoms with Gasteiger partial charge in [-0.2, -0.15) is 0 Å². The minimum Gasteiger partial charge on any atom is -0.507 e. The molecule has 1 amide bonds. The Hall–Kier alpha value is -3.47. The van der Waals surface area contributed by atoms with Crippen molar-refractivity contribution < 1.29 is 19.4 Å². The van der Waals surface area contributed by atoms with Gasteiger partial charge in [-0.05, 0) is 53.9 Å². The summed E-state index contributed by atoms with van der Waals surface area (Å²) in [6.45, 7) is 2.69. The number of nitrogens with zero attached hydrogens (tertiary/aromatic N) is 3. The molecule has 1 saturated heterocycles. The van der Waals surface area contributed by atoms with E-state index >= 15 is 0 Å². The lowest BCUT2D eigenvalue weighted by atomic mass is 9.95. The molecule has 1 unspecified atom stereocenters. The summed E-state index contributed by atoms with van der Waals surface area (Å²) in [5, 5.41) is 20.2. The number of Topliss-reactive ketones (excluding diaryl/α,β-unsaturated/α-hetero) is 1. The van der Waals surface area contributed by atoms with Gasteiger partial charge in [0.25, 0.3) is 5.78 Å². The molecule has 0 radical (unpaired) electrons. The van der Waals surface area contributed by atoms with E-state index in [1.165, 1.54) is 28.0 Å². The standard InChI is InChI=1S/C30H26BrN3O4S2/c1-2-3-16-38-23-14-12-20(13-15-23)26(35)24-25(21-10-7-11-22(31)17-21)34(28(37)27(24)36)29-32-33-30(40-29)39-18-19-8-5-4-6-9-19/h4-15,17,25,35H,2-3,16,18H2,1H3/b26-24-. The fourth-order valence-corrected chi connectivity index (χ4v) is 6.54. The van der Waals surface area contributed by atoms with Crippen molar-refractivity contribution in [2.75, 3.05) is 11.5 Å². The third-order valence-corrected chi connectivity index (χ3v) is 8.93. The normalized spacial score (nSPS) is 16.4. The summed E-state index contributed by atoms with van der Waals surface area (Å²) < 4.78 is 7.18. The number of hydrogen-bond acceptors (Lipinski definition) is 8. The Bertz CT molecular complexity index is 1540. The van der Waals surface area contributed by atoms with E-state index in [1.807, 2.05) is 54.6 Å². The number of aliphatic hydroxyl groups excluding tert-OH is 1. The number of anilines is 1. The van der Waals surface area contributed by atoms with E-state index in [9.17, 15) is 14.7 Å². The molecule has 1 fully saturated rings. The summed E-state index contributed by atoms with van der Waals surface area (Å²) in [5.74, 6) is -0.430. The molecule has 204 valence electrons. The summed E-state index contributed by atoms with van der Waals surface area (Å²) in [7, 11) is 0. The Morgan fingerprint density at radius 2 is 1.82 bits per heavy atom. The number of hydrogen-bond donors (Lipinski definition) is 1. The third kappa shape index (κ3) is 6.14. The lowest BCUT2D eigenvalue weighted by molar-refractivity contribution is -0.132. The zero-order valence-electron chi connectivity index (χ0n) is 21.6. The van der Waals surface area contributed by atoms with Gasteiger partial charge in [0, 0.05) is 15.8 Å². The van der Waals surface area contributed by atoms with Gasteiger partial charge in [0.15, 0.2) is 4.34 Å². The average Bonchev–Trinajstić information content (AvgIpc) is 3.54. The molecule has 3 aromatic carbocycles. The van der Waals surface area contributed by atoms with Crippen molar-refractivity contribution in [1.82, 2.24) is 10.2 Å². The van der Waals surface area contributed by atoms with Crippen molar-refractivity contribution in [2.45, 2.75) is 35.9 Å². The third-order valence-electron chi connectivity index (χ3n) is 6.31. The van der Waals surface area contributed by atoms with Gasteiger partial charge in [0.1, 0.15) is 11.5 Å². The summed E-state index contributed by atoms with van der Waals surface area (Å²) in [6.07, 6.45) is 1.96. The number of rotatable bonds is 10. The molecule has 0 aliphatic carbocycles. The highest BCUT2D eigenvalue weighted by Gasteiger charge is 2.48. The molecule has 0 spiro atoms. The van der Waals surface area contributed by atoms with E-state index in [-0.39, 0.29) is 11.3 Å². The van der Waals surface area contributed by atoms with Crippen LogP contribution in [0, 0.1) is 0 Å². The van der Waals surface area contributed by atoms with Crippen molar-refractivity contribution in [3.8, 4) is 5.75 Å². The number of aromatic nitrogens is 2. The molecule has 4 aromatic rings. The van der Waals surface area contributed by atoms with Crippen molar-refractivity contribution >= 4 is 61.6 Å². The average molecular weight is 637 g/mol.